The van der Waals surface area contributed by atoms with E-state index in [2.05, 4.69) is 228 Å². The van der Waals surface area contributed by atoms with E-state index in [-0.39, 0.29) is 0 Å². The fourth-order valence-corrected chi connectivity index (χ4v) is 11.3. The molecule has 0 saturated heterocycles. The Hall–Kier alpha value is -7.20. The van der Waals surface area contributed by atoms with Crippen molar-refractivity contribution in [2.45, 2.75) is 5.41 Å². The number of rotatable bonds is 6. The summed E-state index contributed by atoms with van der Waals surface area (Å²) in [6.07, 6.45) is 0. The van der Waals surface area contributed by atoms with Crippen molar-refractivity contribution in [3.8, 4) is 22.3 Å². The topological polar surface area (TPSA) is 6.48 Å². The number of thiophene rings is 1. The zero-order chi connectivity index (χ0) is 38.2. The monoisotopic (exact) mass is 756 g/mol. The maximum atomic E-state index is 2.51. The number of hydrogen-bond donors (Lipinski definition) is 0. The highest BCUT2D eigenvalue weighted by atomic mass is 32.1. The van der Waals surface area contributed by atoms with Crippen molar-refractivity contribution >= 4 is 66.3 Å². The summed E-state index contributed by atoms with van der Waals surface area (Å²) >= 11 is 1.95. The lowest BCUT2D eigenvalue weighted by Gasteiger charge is -2.33. The van der Waals surface area contributed by atoms with Crippen LogP contribution in [0.15, 0.2) is 218 Å². The Morgan fingerprint density at radius 2 is 0.862 bits per heavy atom. The summed E-state index contributed by atoms with van der Waals surface area (Å²) in [5.41, 5.74) is 15.5. The largest absolute Gasteiger partial charge is 0.310 e. The molecule has 0 bridgehead atoms. The van der Waals surface area contributed by atoms with Crippen LogP contribution in [0.1, 0.15) is 21.6 Å². The van der Waals surface area contributed by atoms with E-state index in [0.717, 1.165) is 34.1 Å². The highest BCUT2D eigenvalue weighted by Gasteiger charge is 2.54. The van der Waals surface area contributed by atoms with Gasteiger partial charge in [0.25, 0.3) is 0 Å². The summed E-state index contributed by atoms with van der Waals surface area (Å²) < 4.78 is 1.32. The number of fused-ring (bicyclic) bond motifs is 13. The van der Waals surface area contributed by atoms with Gasteiger partial charge in [0.05, 0.1) is 11.1 Å². The zero-order valence-corrected chi connectivity index (χ0v) is 32.4. The number of hydrogen-bond acceptors (Lipinski definition) is 3. The fourth-order valence-electron chi connectivity index (χ4n) is 9.85. The first kappa shape index (κ1) is 33.0. The van der Waals surface area contributed by atoms with Crippen molar-refractivity contribution in [3.05, 3.63) is 240 Å². The Bertz CT molecular complexity index is 3140. The van der Waals surface area contributed by atoms with Crippen molar-refractivity contribution in [1.29, 1.82) is 0 Å². The highest BCUT2D eigenvalue weighted by molar-refractivity contribution is 7.20. The quantitative estimate of drug-likeness (QED) is 0.167. The van der Waals surface area contributed by atoms with E-state index in [1.54, 1.807) is 0 Å². The third-order valence-electron chi connectivity index (χ3n) is 12.2. The molecule has 1 aromatic heterocycles. The van der Waals surface area contributed by atoms with Crippen molar-refractivity contribution in [2.24, 2.45) is 0 Å². The van der Waals surface area contributed by atoms with Crippen LogP contribution in [0.3, 0.4) is 0 Å². The maximum absolute atomic E-state index is 2.51. The lowest BCUT2D eigenvalue weighted by Crippen LogP contribution is -2.25. The molecule has 3 heteroatoms. The number of nitrogens with zero attached hydrogens (tertiary/aromatic N) is 2. The SMILES string of the molecule is c1ccc(N(c2ccccc2)c2ccc3c(c2)C2(c4ccccc4-c4ccc(N(c5ccccc5)c5cccc6ccccc56)cc42)c2sc4ccccc4c2-3)cc1. The van der Waals surface area contributed by atoms with Gasteiger partial charge in [0.15, 0.2) is 0 Å². The van der Waals surface area contributed by atoms with Crippen LogP contribution in [0.4, 0.5) is 34.1 Å². The summed E-state index contributed by atoms with van der Waals surface area (Å²) in [5, 5.41) is 3.76. The second kappa shape index (κ2) is 12.9. The van der Waals surface area contributed by atoms with Crippen LogP contribution in [0.25, 0.3) is 43.1 Å². The molecule has 1 unspecified atom stereocenters. The lowest BCUT2D eigenvalue weighted by molar-refractivity contribution is 0.811. The second-order valence-electron chi connectivity index (χ2n) is 15.2. The van der Waals surface area contributed by atoms with E-state index in [9.17, 15) is 0 Å². The van der Waals surface area contributed by atoms with Gasteiger partial charge in [0, 0.05) is 54.3 Å². The van der Waals surface area contributed by atoms with Gasteiger partial charge in [-0.25, -0.2) is 0 Å². The van der Waals surface area contributed by atoms with E-state index in [1.807, 2.05) is 11.3 Å². The van der Waals surface area contributed by atoms with Crippen LogP contribution in [0.2, 0.25) is 0 Å². The molecule has 2 nitrogen and oxygen atoms in total. The molecular weight excluding hydrogens is 721 g/mol. The molecule has 0 radical (unpaired) electrons. The van der Waals surface area contributed by atoms with E-state index in [1.165, 1.54) is 64.7 Å². The zero-order valence-electron chi connectivity index (χ0n) is 31.6. The number of benzene rings is 9. The molecule has 2 aliphatic carbocycles. The third-order valence-corrected chi connectivity index (χ3v) is 13.5. The molecule has 10 aromatic rings. The van der Waals surface area contributed by atoms with Crippen LogP contribution in [-0.4, -0.2) is 0 Å². The van der Waals surface area contributed by atoms with E-state index in [0.29, 0.717) is 0 Å². The summed E-state index contributed by atoms with van der Waals surface area (Å²) in [7, 11) is 0. The number of para-hydroxylation sites is 3. The smallest absolute Gasteiger partial charge is 0.0820 e. The molecule has 9 aromatic carbocycles. The molecule has 1 spiro atoms. The van der Waals surface area contributed by atoms with Gasteiger partial charge in [-0.1, -0.05) is 146 Å². The van der Waals surface area contributed by atoms with Crippen LogP contribution in [-0.2, 0) is 5.41 Å². The molecule has 2 aliphatic rings. The second-order valence-corrected chi connectivity index (χ2v) is 16.3. The standard InChI is InChI=1S/C55H36N2S/c1-4-19-38(20-5-1)56(39-21-6-2-7-22-39)41-32-34-46-50(35-41)55(54-53(46)47-27-13-15-30-52(47)58-54)48-28-14-12-26-44(48)45-33-31-42(36-49(45)55)57(40-23-8-3-9-24-40)51-29-16-18-37-17-10-11-25-43(37)51/h1-36H. The third kappa shape index (κ3) is 4.71. The van der Waals surface area contributed by atoms with Gasteiger partial charge < -0.3 is 9.80 Å². The summed E-state index contributed by atoms with van der Waals surface area (Å²) in [4.78, 5) is 6.24. The minimum atomic E-state index is -0.535. The summed E-state index contributed by atoms with van der Waals surface area (Å²) in [6.45, 7) is 0. The van der Waals surface area contributed by atoms with Gasteiger partial charge in [-0.05, 0) is 112 Å². The number of anilines is 6. The molecule has 12 rings (SSSR count). The summed E-state index contributed by atoms with van der Waals surface area (Å²) in [5.74, 6) is 0. The predicted octanol–water partition coefficient (Wildman–Crippen LogP) is 15.3. The molecule has 0 fully saturated rings. The molecular formula is C55H36N2S. The molecule has 272 valence electrons. The highest BCUT2D eigenvalue weighted by Crippen LogP contribution is 2.67. The Labute approximate surface area is 342 Å². The van der Waals surface area contributed by atoms with Crippen molar-refractivity contribution in [3.63, 3.8) is 0 Å². The van der Waals surface area contributed by atoms with Gasteiger partial charge in [0.1, 0.15) is 0 Å². The van der Waals surface area contributed by atoms with Crippen molar-refractivity contribution in [2.75, 3.05) is 9.80 Å². The van der Waals surface area contributed by atoms with E-state index < -0.39 is 5.41 Å². The summed E-state index contributed by atoms with van der Waals surface area (Å²) in [6, 6.07) is 80.3. The lowest BCUT2D eigenvalue weighted by atomic mass is 9.73. The average Bonchev–Trinajstić information content (AvgIpc) is 3.91. The maximum Gasteiger partial charge on any atom is 0.0820 e. The molecule has 0 amide bonds. The van der Waals surface area contributed by atoms with Crippen LogP contribution in [0, 0.1) is 0 Å². The van der Waals surface area contributed by atoms with Crippen LogP contribution >= 0.6 is 11.3 Å². The first-order valence-electron chi connectivity index (χ1n) is 19.9. The van der Waals surface area contributed by atoms with Gasteiger partial charge in [-0.2, -0.15) is 0 Å². The normalized spacial score (nSPS) is 14.6. The van der Waals surface area contributed by atoms with Crippen molar-refractivity contribution < 1.29 is 0 Å². The predicted molar refractivity (Wildman–Crippen MR) is 245 cm³/mol. The Balaban J connectivity index is 1.17. The first-order valence-corrected chi connectivity index (χ1v) is 20.8. The van der Waals surface area contributed by atoms with Crippen molar-refractivity contribution in [1.82, 2.24) is 0 Å². The molecule has 1 heterocycles. The van der Waals surface area contributed by atoms with E-state index >= 15 is 0 Å². The Morgan fingerprint density at radius 1 is 0.345 bits per heavy atom. The van der Waals surface area contributed by atoms with Gasteiger partial charge in [0.2, 0.25) is 0 Å². The van der Waals surface area contributed by atoms with Gasteiger partial charge in [-0.3, -0.25) is 0 Å². The van der Waals surface area contributed by atoms with Crippen LogP contribution < -0.4 is 9.80 Å². The molecule has 58 heavy (non-hydrogen) atoms. The van der Waals surface area contributed by atoms with Gasteiger partial charge in [-0.15, -0.1) is 11.3 Å². The fraction of sp³-hybridized carbons (Fsp3) is 0.0182. The van der Waals surface area contributed by atoms with E-state index in [4.69, 9.17) is 0 Å². The van der Waals surface area contributed by atoms with Gasteiger partial charge >= 0.3 is 0 Å². The molecule has 0 N–H and O–H groups in total. The Morgan fingerprint density at radius 3 is 1.59 bits per heavy atom. The minimum Gasteiger partial charge on any atom is -0.310 e. The minimum absolute atomic E-state index is 0.535. The first-order chi connectivity index (χ1) is 28.8. The Kier molecular flexibility index (Phi) is 7.35. The molecule has 1 atom stereocenters. The molecule has 0 saturated carbocycles. The molecule has 0 aliphatic heterocycles. The average molecular weight is 757 g/mol. The van der Waals surface area contributed by atoms with Crippen LogP contribution in [0.5, 0.6) is 0 Å².